The fraction of sp³-hybridized carbons (Fsp3) is 0.0909. The van der Waals surface area contributed by atoms with Crippen LogP contribution >= 0.6 is 23.1 Å². The zero-order chi connectivity index (χ0) is 22.4. The van der Waals surface area contributed by atoms with Crippen molar-refractivity contribution < 1.29 is 8.78 Å². The molecule has 0 radical (unpaired) electrons. The normalized spacial score (nSPS) is 11.5. The number of aromatic nitrogens is 4. The van der Waals surface area contributed by atoms with Crippen molar-refractivity contribution >= 4 is 39.0 Å². The van der Waals surface area contributed by atoms with E-state index in [4.69, 9.17) is 0 Å². The summed E-state index contributed by atoms with van der Waals surface area (Å²) in [5.74, 6) is -1.39. The molecule has 0 saturated carbocycles. The van der Waals surface area contributed by atoms with Crippen LogP contribution in [0.5, 0.6) is 0 Å². The third kappa shape index (κ3) is 3.51. The van der Waals surface area contributed by atoms with Gasteiger partial charge in [0.1, 0.15) is 11.6 Å². The molecule has 0 spiro atoms. The second-order valence-corrected chi connectivity index (χ2v) is 8.80. The van der Waals surface area contributed by atoms with Gasteiger partial charge in [0.15, 0.2) is 10.1 Å². The van der Waals surface area contributed by atoms with Gasteiger partial charge in [-0.3, -0.25) is 18.6 Å². The lowest BCUT2D eigenvalue weighted by Crippen LogP contribution is -2.23. The molecule has 0 atom stereocenters. The molecule has 0 aliphatic carbocycles. The molecule has 5 aromatic rings. The lowest BCUT2D eigenvalue weighted by Gasteiger charge is -2.14. The van der Waals surface area contributed by atoms with E-state index >= 15 is 0 Å². The first-order valence-corrected chi connectivity index (χ1v) is 11.4. The van der Waals surface area contributed by atoms with Crippen LogP contribution in [0.1, 0.15) is 11.4 Å². The quantitative estimate of drug-likeness (QED) is 0.290. The Morgan fingerprint density at radius 2 is 1.88 bits per heavy atom. The molecule has 3 heterocycles. The molecule has 5 rings (SSSR count). The smallest absolute Gasteiger partial charge is 0.266 e. The number of para-hydroxylation sites is 1. The summed E-state index contributed by atoms with van der Waals surface area (Å²) in [5.41, 5.74) is 0.998. The topological polar surface area (TPSA) is 69.3 Å². The van der Waals surface area contributed by atoms with E-state index in [1.807, 2.05) is 12.3 Å². The lowest BCUT2D eigenvalue weighted by molar-refractivity contribution is 0.572. The molecule has 0 aliphatic heterocycles. The number of thioether (sulfide) groups is 1. The highest BCUT2D eigenvalue weighted by Crippen LogP contribution is 2.26. The second-order valence-electron chi connectivity index (χ2n) is 7.02. The Labute approximate surface area is 187 Å². The molecular formula is C22H14F2N4O2S2. The van der Waals surface area contributed by atoms with Crippen LogP contribution in [0, 0.1) is 18.6 Å². The molecule has 0 saturated heterocycles. The second kappa shape index (κ2) is 7.95. The average molecular weight is 469 g/mol. The predicted molar refractivity (Wildman–Crippen MR) is 121 cm³/mol. The van der Waals surface area contributed by atoms with Crippen LogP contribution in [0.15, 0.2) is 68.7 Å². The van der Waals surface area contributed by atoms with Gasteiger partial charge in [-0.2, -0.15) is 0 Å². The maximum atomic E-state index is 14.6. The molecule has 6 nitrogen and oxygen atoms in total. The molecule has 0 bridgehead atoms. The van der Waals surface area contributed by atoms with Gasteiger partial charge >= 0.3 is 0 Å². The molecular weight excluding hydrogens is 454 g/mol. The first-order valence-electron chi connectivity index (χ1n) is 9.49. The van der Waals surface area contributed by atoms with Crippen molar-refractivity contribution in [1.29, 1.82) is 0 Å². The zero-order valence-electron chi connectivity index (χ0n) is 16.6. The third-order valence-electron chi connectivity index (χ3n) is 4.87. The molecule has 0 amide bonds. The third-order valence-corrected chi connectivity index (χ3v) is 6.79. The highest BCUT2D eigenvalue weighted by molar-refractivity contribution is 7.98. The van der Waals surface area contributed by atoms with E-state index in [1.165, 1.54) is 27.9 Å². The van der Waals surface area contributed by atoms with Crippen molar-refractivity contribution in [2.45, 2.75) is 17.8 Å². The van der Waals surface area contributed by atoms with E-state index in [2.05, 4.69) is 9.97 Å². The molecule has 32 heavy (non-hydrogen) atoms. The van der Waals surface area contributed by atoms with Gasteiger partial charge in [0.05, 0.1) is 22.3 Å². The van der Waals surface area contributed by atoms with Gasteiger partial charge in [-0.1, -0.05) is 23.9 Å². The Hall–Kier alpha value is -3.37. The summed E-state index contributed by atoms with van der Waals surface area (Å²) < 4.78 is 30.7. The summed E-state index contributed by atoms with van der Waals surface area (Å²) >= 11 is 2.50. The monoisotopic (exact) mass is 468 g/mol. The maximum Gasteiger partial charge on any atom is 0.266 e. The SMILES string of the molecule is Cc1csc2nc(CSc3nc4ccccc4c(=O)n3-c3ccc(F)cc3F)cc(=O)n12. The number of thiazole rings is 1. The van der Waals surface area contributed by atoms with E-state index in [0.717, 1.165) is 34.2 Å². The summed E-state index contributed by atoms with van der Waals surface area (Å²) in [4.78, 5) is 35.3. The van der Waals surface area contributed by atoms with Crippen LogP contribution in [0.3, 0.4) is 0 Å². The Bertz CT molecular complexity index is 1620. The molecule has 0 aliphatic rings. The first kappa shape index (κ1) is 20.5. The minimum atomic E-state index is -0.877. The van der Waals surface area contributed by atoms with E-state index < -0.39 is 17.2 Å². The highest BCUT2D eigenvalue weighted by Gasteiger charge is 2.17. The van der Waals surface area contributed by atoms with Crippen LogP contribution in [0.2, 0.25) is 0 Å². The Morgan fingerprint density at radius 3 is 2.69 bits per heavy atom. The van der Waals surface area contributed by atoms with Crippen LogP contribution in [0.4, 0.5) is 8.78 Å². The average Bonchev–Trinajstić information content (AvgIpc) is 3.14. The zero-order valence-corrected chi connectivity index (χ0v) is 18.2. The summed E-state index contributed by atoms with van der Waals surface area (Å²) in [6, 6.07) is 11.2. The van der Waals surface area contributed by atoms with E-state index in [1.54, 1.807) is 24.3 Å². The van der Waals surface area contributed by atoms with Gasteiger partial charge in [0.25, 0.3) is 11.1 Å². The van der Waals surface area contributed by atoms with Crippen molar-refractivity contribution in [3.05, 3.63) is 97.6 Å². The number of fused-ring (bicyclic) bond motifs is 2. The molecule has 0 fully saturated rings. The minimum Gasteiger partial charge on any atom is -0.269 e. The van der Waals surface area contributed by atoms with Crippen molar-refractivity contribution in [3.63, 3.8) is 0 Å². The fourth-order valence-electron chi connectivity index (χ4n) is 3.40. The number of benzene rings is 2. The fourth-order valence-corrected chi connectivity index (χ4v) is 5.19. The predicted octanol–water partition coefficient (Wildman–Crippen LogP) is 4.33. The molecule has 0 N–H and O–H groups in total. The number of halogens is 2. The summed E-state index contributed by atoms with van der Waals surface area (Å²) in [7, 11) is 0. The number of hydrogen-bond donors (Lipinski definition) is 0. The number of nitrogens with zero attached hydrogens (tertiary/aromatic N) is 4. The van der Waals surface area contributed by atoms with Gasteiger partial charge in [0.2, 0.25) is 0 Å². The largest absolute Gasteiger partial charge is 0.269 e. The molecule has 3 aromatic heterocycles. The van der Waals surface area contributed by atoms with Crippen molar-refractivity contribution in [3.8, 4) is 5.69 Å². The molecule has 0 unspecified atom stereocenters. The van der Waals surface area contributed by atoms with Crippen LogP contribution in [-0.4, -0.2) is 18.9 Å². The van der Waals surface area contributed by atoms with Crippen LogP contribution in [0.25, 0.3) is 21.6 Å². The minimum absolute atomic E-state index is 0.102. The summed E-state index contributed by atoms with van der Waals surface area (Å²) in [5, 5.41) is 2.37. The first-order chi connectivity index (χ1) is 15.4. The van der Waals surface area contributed by atoms with Gasteiger partial charge in [-0.25, -0.2) is 18.7 Å². The molecule has 10 heteroatoms. The molecule has 2 aromatic carbocycles. The number of rotatable bonds is 4. The standard InChI is InChI=1S/C22H14F2N4O2S2/c1-12-10-31-21-25-14(9-19(29)27(12)21)11-32-22-26-17-5-3-2-4-15(17)20(30)28(22)18-7-6-13(23)8-16(18)24/h2-10H,11H2,1H3. The van der Waals surface area contributed by atoms with Gasteiger partial charge in [-0.05, 0) is 31.2 Å². The van der Waals surface area contributed by atoms with E-state index in [9.17, 15) is 18.4 Å². The number of aryl methyl sites for hydroxylation is 1. The van der Waals surface area contributed by atoms with Crippen molar-refractivity contribution in [1.82, 2.24) is 18.9 Å². The van der Waals surface area contributed by atoms with E-state index in [-0.39, 0.29) is 22.2 Å². The van der Waals surface area contributed by atoms with Gasteiger partial charge < -0.3 is 0 Å². The Morgan fingerprint density at radius 1 is 1.06 bits per heavy atom. The van der Waals surface area contributed by atoms with Crippen LogP contribution in [-0.2, 0) is 5.75 Å². The van der Waals surface area contributed by atoms with E-state index in [0.29, 0.717) is 21.6 Å². The Kier molecular flexibility index (Phi) is 5.10. The maximum absolute atomic E-state index is 14.6. The van der Waals surface area contributed by atoms with Gasteiger partial charge in [0, 0.05) is 29.0 Å². The van der Waals surface area contributed by atoms with Crippen molar-refractivity contribution in [2.24, 2.45) is 0 Å². The van der Waals surface area contributed by atoms with Crippen molar-refractivity contribution in [2.75, 3.05) is 0 Å². The summed E-state index contributed by atoms with van der Waals surface area (Å²) in [6.45, 7) is 1.83. The Balaban J connectivity index is 1.63. The van der Waals surface area contributed by atoms with Gasteiger partial charge in [-0.15, -0.1) is 11.3 Å². The number of hydrogen-bond acceptors (Lipinski definition) is 6. The summed E-state index contributed by atoms with van der Waals surface area (Å²) in [6.07, 6.45) is 0. The molecule has 160 valence electrons. The highest BCUT2D eigenvalue weighted by atomic mass is 32.2. The van der Waals surface area contributed by atoms with Crippen LogP contribution < -0.4 is 11.1 Å². The lowest BCUT2D eigenvalue weighted by atomic mass is 10.2.